The molecule has 2 rings (SSSR count). The normalized spacial score (nSPS) is 10.1. The molecule has 2 aromatic rings. The molecule has 0 aliphatic carbocycles. The number of hydrogen-bond donors (Lipinski definition) is 0. The summed E-state index contributed by atoms with van der Waals surface area (Å²) in [7, 11) is 0. The van der Waals surface area contributed by atoms with Crippen LogP contribution in [0.2, 0.25) is 5.02 Å². The second-order valence-corrected chi connectivity index (χ2v) is 4.14. The molecule has 0 saturated heterocycles. The third-order valence-electron chi connectivity index (χ3n) is 2.32. The first-order valence-electron chi connectivity index (χ1n) is 5.35. The highest BCUT2D eigenvalue weighted by Gasteiger charge is 2.09. The Labute approximate surface area is 109 Å². The van der Waals surface area contributed by atoms with E-state index < -0.39 is 11.8 Å². The van der Waals surface area contributed by atoms with Crippen LogP contribution in [0.1, 0.15) is 5.56 Å². The van der Waals surface area contributed by atoms with E-state index in [2.05, 4.69) is 0 Å². The Bertz CT molecular complexity index is 552. The van der Waals surface area contributed by atoms with Crippen molar-refractivity contribution >= 4 is 17.6 Å². The molecule has 0 radical (unpaired) electrons. The summed E-state index contributed by atoms with van der Waals surface area (Å²) in [5.41, 5.74) is 0.765. The van der Waals surface area contributed by atoms with E-state index in [4.69, 9.17) is 16.3 Å². The van der Waals surface area contributed by atoms with Gasteiger partial charge in [0.15, 0.2) is 11.6 Å². The molecule has 0 spiro atoms. The summed E-state index contributed by atoms with van der Waals surface area (Å²) < 4.78 is 18.2. The molecule has 0 aliphatic heterocycles. The van der Waals surface area contributed by atoms with E-state index in [-0.39, 0.29) is 12.2 Å². The first-order valence-corrected chi connectivity index (χ1v) is 5.72. The summed E-state index contributed by atoms with van der Waals surface area (Å²) in [6, 6.07) is 12.6. The highest BCUT2D eigenvalue weighted by molar-refractivity contribution is 6.30. The van der Waals surface area contributed by atoms with Crippen molar-refractivity contribution in [3.8, 4) is 5.75 Å². The van der Waals surface area contributed by atoms with Gasteiger partial charge in [0.1, 0.15) is 0 Å². The lowest BCUT2D eigenvalue weighted by Gasteiger charge is -2.05. The second kappa shape index (κ2) is 5.65. The van der Waals surface area contributed by atoms with E-state index in [1.54, 1.807) is 30.3 Å². The summed E-state index contributed by atoms with van der Waals surface area (Å²) in [5.74, 6) is -1.12. The van der Waals surface area contributed by atoms with Gasteiger partial charge in [-0.05, 0) is 29.8 Å². The van der Waals surface area contributed by atoms with Crippen LogP contribution in [-0.4, -0.2) is 5.97 Å². The zero-order valence-electron chi connectivity index (χ0n) is 9.40. The Morgan fingerprint density at radius 2 is 1.78 bits per heavy atom. The van der Waals surface area contributed by atoms with Crippen molar-refractivity contribution in [1.29, 1.82) is 0 Å². The minimum Gasteiger partial charge on any atom is -0.423 e. The predicted octanol–water partition coefficient (Wildman–Crippen LogP) is 3.63. The lowest BCUT2D eigenvalue weighted by atomic mass is 10.1. The van der Waals surface area contributed by atoms with E-state index in [0.717, 1.165) is 5.56 Å². The SMILES string of the molecule is O=C(Cc1ccc(Cl)cc1)Oc1ccccc1F. The average Bonchev–Trinajstić information content (AvgIpc) is 2.35. The number of para-hydroxylation sites is 1. The summed E-state index contributed by atoms with van der Waals surface area (Å²) >= 11 is 5.73. The molecule has 0 saturated carbocycles. The summed E-state index contributed by atoms with van der Waals surface area (Å²) in [4.78, 5) is 11.6. The Balaban J connectivity index is 2.01. The zero-order chi connectivity index (χ0) is 13.0. The van der Waals surface area contributed by atoms with Crippen LogP contribution in [0.25, 0.3) is 0 Å². The molecule has 0 aliphatic rings. The van der Waals surface area contributed by atoms with Gasteiger partial charge in [0.2, 0.25) is 0 Å². The molecule has 0 N–H and O–H groups in total. The smallest absolute Gasteiger partial charge is 0.315 e. The first kappa shape index (κ1) is 12.6. The number of halogens is 2. The molecule has 0 atom stereocenters. The number of ether oxygens (including phenoxy) is 1. The van der Waals surface area contributed by atoms with Crippen molar-refractivity contribution in [2.45, 2.75) is 6.42 Å². The molecule has 18 heavy (non-hydrogen) atoms. The maximum absolute atomic E-state index is 13.2. The third-order valence-corrected chi connectivity index (χ3v) is 2.57. The van der Waals surface area contributed by atoms with Crippen LogP contribution < -0.4 is 4.74 Å². The molecular formula is C14H10ClFO2. The van der Waals surface area contributed by atoms with E-state index in [1.165, 1.54) is 18.2 Å². The van der Waals surface area contributed by atoms with Gasteiger partial charge in [0.05, 0.1) is 6.42 Å². The highest BCUT2D eigenvalue weighted by Crippen LogP contribution is 2.16. The lowest BCUT2D eigenvalue weighted by Crippen LogP contribution is -2.11. The Morgan fingerprint density at radius 3 is 2.44 bits per heavy atom. The minimum absolute atomic E-state index is 0.0588. The number of rotatable bonds is 3. The van der Waals surface area contributed by atoms with Gasteiger partial charge in [-0.2, -0.15) is 0 Å². The molecule has 92 valence electrons. The quantitative estimate of drug-likeness (QED) is 0.625. The van der Waals surface area contributed by atoms with Gasteiger partial charge in [0, 0.05) is 5.02 Å². The van der Waals surface area contributed by atoms with Crippen LogP contribution >= 0.6 is 11.6 Å². The highest BCUT2D eigenvalue weighted by atomic mass is 35.5. The van der Waals surface area contributed by atoms with Crippen molar-refractivity contribution in [1.82, 2.24) is 0 Å². The van der Waals surface area contributed by atoms with E-state index >= 15 is 0 Å². The zero-order valence-corrected chi connectivity index (χ0v) is 10.2. The maximum Gasteiger partial charge on any atom is 0.315 e. The fraction of sp³-hybridized carbons (Fsp3) is 0.0714. The van der Waals surface area contributed by atoms with Crippen LogP contribution in [-0.2, 0) is 11.2 Å². The fourth-order valence-corrected chi connectivity index (χ4v) is 1.58. The Morgan fingerprint density at radius 1 is 1.11 bits per heavy atom. The second-order valence-electron chi connectivity index (χ2n) is 3.71. The van der Waals surface area contributed by atoms with Crippen LogP contribution in [0.15, 0.2) is 48.5 Å². The van der Waals surface area contributed by atoms with Crippen molar-refractivity contribution < 1.29 is 13.9 Å². The van der Waals surface area contributed by atoms with Gasteiger partial charge in [-0.3, -0.25) is 4.79 Å². The van der Waals surface area contributed by atoms with Crippen LogP contribution in [0, 0.1) is 5.82 Å². The van der Waals surface area contributed by atoms with Crippen LogP contribution in [0.3, 0.4) is 0 Å². The van der Waals surface area contributed by atoms with Gasteiger partial charge < -0.3 is 4.74 Å². The van der Waals surface area contributed by atoms with E-state index in [0.29, 0.717) is 5.02 Å². The van der Waals surface area contributed by atoms with Crippen molar-refractivity contribution in [3.05, 3.63) is 64.9 Å². The molecule has 0 amide bonds. The van der Waals surface area contributed by atoms with Gasteiger partial charge >= 0.3 is 5.97 Å². The number of benzene rings is 2. The van der Waals surface area contributed by atoms with Crippen molar-refractivity contribution in [2.24, 2.45) is 0 Å². The number of esters is 1. The number of carbonyl (C=O) groups is 1. The summed E-state index contributed by atoms with van der Waals surface area (Å²) in [6.45, 7) is 0. The van der Waals surface area contributed by atoms with Gasteiger partial charge in [-0.1, -0.05) is 35.9 Å². The lowest BCUT2D eigenvalue weighted by molar-refractivity contribution is -0.133. The standard InChI is InChI=1S/C14H10ClFO2/c15-11-7-5-10(6-8-11)9-14(17)18-13-4-2-1-3-12(13)16/h1-8H,9H2. The van der Waals surface area contributed by atoms with Gasteiger partial charge in [-0.25, -0.2) is 4.39 Å². The van der Waals surface area contributed by atoms with E-state index in [9.17, 15) is 9.18 Å². The largest absolute Gasteiger partial charge is 0.423 e. The predicted molar refractivity (Wildman–Crippen MR) is 67.2 cm³/mol. The Kier molecular flexibility index (Phi) is 3.95. The van der Waals surface area contributed by atoms with Crippen molar-refractivity contribution in [2.75, 3.05) is 0 Å². The van der Waals surface area contributed by atoms with Crippen LogP contribution in [0.4, 0.5) is 4.39 Å². The minimum atomic E-state index is -0.554. The average molecular weight is 265 g/mol. The monoisotopic (exact) mass is 264 g/mol. The third kappa shape index (κ3) is 3.31. The molecule has 4 heteroatoms. The summed E-state index contributed by atoms with van der Waals surface area (Å²) in [5, 5.41) is 0.598. The molecule has 2 aromatic carbocycles. The summed E-state index contributed by atoms with van der Waals surface area (Å²) in [6.07, 6.45) is 0.0749. The Hall–Kier alpha value is -1.87. The molecular weight excluding hydrogens is 255 g/mol. The topological polar surface area (TPSA) is 26.3 Å². The molecule has 0 bridgehead atoms. The molecule has 0 aromatic heterocycles. The van der Waals surface area contributed by atoms with Gasteiger partial charge in [0.25, 0.3) is 0 Å². The molecule has 0 unspecified atom stereocenters. The molecule has 0 fully saturated rings. The van der Waals surface area contributed by atoms with Crippen LogP contribution in [0.5, 0.6) is 5.75 Å². The number of hydrogen-bond acceptors (Lipinski definition) is 2. The van der Waals surface area contributed by atoms with Gasteiger partial charge in [-0.15, -0.1) is 0 Å². The fourth-order valence-electron chi connectivity index (χ4n) is 1.46. The number of carbonyl (C=O) groups excluding carboxylic acids is 1. The first-order chi connectivity index (χ1) is 8.65. The van der Waals surface area contributed by atoms with E-state index in [1.807, 2.05) is 0 Å². The van der Waals surface area contributed by atoms with Crippen molar-refractivity contribution in [3.63, 3.8) is 0 Å². The maximum atomic E-state index is 13.2. The molecule has 2 nitrogen and oxygen atoms in total. The molecule has 0 heterocycles.